The normalized spacial score (nSPS) is 12.1. The summed E-state index contributed by atoms with van der Waals surface area (Å²) in [5.41, 5.74) is 3.22. The molecule has 0 aliphatic rings. The van der Waals surface area contributed by atoms with E-state index in [9.17, 15) is 13.2 Å². The monoisotopic (exact) mass is 404 g/mol. The predicted molar refractivity (Wildman–Crippen MR) is 95.4 cm³/mol. The molecule has 0 radical (unpaired) electrons. The Morgan fingerprint density at radius 2 is 1.92 bits per heavy atom. The Labute approximate surface area is 150 Å². The van der Waals surface area contributed by atoms with Crippen LogP contribution < -0.4 is 0 Å². The number of halogens is 2. The van der Waals surface area contributed by atoms with Gasteiger partial charge in [-0.2, -0.15) is 0 Å². The quantitative estimate of drug-likeness (QED) is 0.592. The summed E-state index contributed by atoms with van der Waals surface area (Å²) < 4.78 is 36.7. The highest BCUT2D eigenvalue weighted by atomic mass is 79.9. The zero-order chi connectivity index (χ0) is 17.1. The molecule has 0 saturated carbocycles. The van der Waals surface area contributed by atoms with Crippen molar-refractivity contribution in [2.75, 3.05) is 0 Å². The van der Waals surface area contributed by atoms with Gasteiger partial charge in [-0.25, -0.2) is 4.39 Å². The molecule has 3 rings (SSSR count). The van der Waals surface area contributed by atoms with Gasteiger partial charge in [0, 0.05) is 27.5 Å². The van der Waals surface area contributed by atoms with Gasteiger partial charge < -0.3 is 4.55 Å². The van der Waals surface area contributed by atoms with Crippen molar-refractivity contribution in [1.82, 2.24) is 4.98 Å². The van der Waals surface area contributed by atoms with Gasteiger partial charge in [-0.1, -0.05) is 57.3 Å². The molecule has 0 N–H and O–H groups in total. The first kappa shape index (κ1) is 17.0. The first-order valence-electron chi connectivity index (χ1n) is 7.10. The fourth-order valence-electron chi connectivity index (χ4n) is 2.46. The molecule has 0 bridgehead atoms. The highest BCUT2D eigenvalue weighted by molar-refractivity contribution is 9.10. The summed E-state index contributed by atoms with van der Waals surface area (Å²) in [6, 6.07) is 16.0. The minimum Gasteiger partial charge on any atom is -0.772 e. The minimum absolute atomic E-state index is 0.145. The smallest absolute Gasteiger partial charge is 0.127 e. The average molecular weight is 405 g/mol. The van der Waals surface area contributed by atoms with Crippen LogP contribution in [0.1, 0.15) is 5.56 Å². The first-order valence-corrected chi connectivity index (χ1v) is 9.14. The standard InChI is InChI=1S/C18H13BrFNO2S/c19-15-4-1-3-12(9-15)16-5-2-8-21-18(16)13-6-7-14(11-24(22)23)17(20)10-13/h1-10H,11H2,(H,22,23)/p-1. The van der Waals surface area contributed by atoms with E-state index >= 15 is 0 Å². The van der Waals surface area contributed by atoms with Crippen molar-refractivity contribution in [3.05, 3.63) is 76.6 Å². The van der Waals surface area contributed by atoms with Gasteiger partial charge in [-0.15, -0.1) is 0 Å². The fraction of sp³-hybridized carbons (Fsp3) is 0.0556. The predicted octanol–water partition coefficient (Wildman–Crippen LogP) is 4.70. The van der Waals surface area contributed by atoms with Gasteiger partial charge in [-0.3, -0.25) is 9.19 Å². The highest BCUT2D eigenvalue weighted by Gasteiger charge is 2.11. The summed E-state index contributed by atoms with van der Waals surface area (Å²) in [6.07, 6.45) is 1.65. The molecule has 3 nitrogen and oxygen atoms in total. The largest absolute Gasteiger partial charge is 0.772 e. The van der Waals surface area contributed by atoms with E-state index in [0.29, 0.717) is 11.3 Å². The summed E-state index contributed by atoms with van der Waals surface area (Å²) in [5, 5.41) is 0. The van der Waals surface area contributed by atoms with Crippen LogP contribution in [0.5, 0.6) is 0 Å². The van der Waals surface area contributed by atoms with Gasteiger partial charge in [0.2, 0.25) is 0 Å². The maximum absolute atomic E-state index is 14.2. The van der Waals surface area contributed by atoms with Crippen molar-refractivity contribution < 1.29 is 13.2 Å². The molecule has 0 fully saturated rings. The second-order valence-corrected chi connectivity index (χ2v) is 6.98. The van der Waals surface area contributed by atoms with E-state index < -0.39 is 16.9 Å². The number of hydrogen-bond donors (Lipinski definition) is 0. The second kappa shape index (κ2) is 7.34. The van der Waals surface area contributed by atoms with Gasteiger partial charge in [0.1, 0.15) is 5.82 Å². The lowest BCUT2D eigenvalue weighted by atomic mass is 9.99. The molecular formula is C18H12BrFNO2S-. The summed E-state index contributed by atoms with van der Waals surface area (Å²) in [6.45, 7) is 0. The van der Waals surface area contributed by atoms with Crippen LogP contribution in [-0.4, -0.2) is 13.7 Å². The van der Waals surface area contributed by atoms with E-state index in [1.165, 1.54) is 12.1 Å². The number of pyridine rings is 1. The first-order chi connectivity index (χ1) is 11.5. The van der Waals surface area contributed by atoms with Crippen LogP contribution in [0, 0.1) is 5.82 Å². The zero-order valence-corrected chi connectivity index (χ0v) is 14.8. The minimum atomic E-state index is -2.33. The molecule has 2 aromatic carbocycles. The topological polar surface area (TPSA) is 53.0 Å². The molecule has 1 unspecified atom stereocenters. The van der Waals surface area contributed by atoms with Crippen LogP contribution >= 0.6 is 15.9 Å². The van der Waals surface area contributed by atoms with Crippen LogP contribution in [0.15, 0.2) is 65.3 Å². The van der Waals surface area contributed by atoms with Gasteiger partial charge >= 0.3 is 0 Å². The number of hydrogen-bond acceptors (Lipinski definition) is 3. The van der Waals surface area contributed by atoms with Crippen molar-refractivity contribution >= 4 is 27.0 Å². The molecule has 0 saturated heterocycles. The van der Waals surface area contributed by atoms with Gasteiger partial charge in [0.15, 0.2) is 0 Å². The Kier molecular flexibility index (Phi) is 5.18. The highest BCUT2D eigenvalue weighted by Crippen LogP contribution is 2.32. The van der Waals surface area contributed by atoms with Crippen LogP contribution in [-0.2, 0) is 16.8 Å². The molecule has 0 amide bonds. The molecular weight excluding hydrogens is 393 g/mol. The molecule has 1 aromatic heterocycles. The van der Waals surface area contributed by atoms with E-state index in [1.807, 2.05) is 36.4 Å². The Hall–Kier alpha value is -1.89. The lowest BCUT2D eigenvalue weighted by molar-refractivity contribution is 0.533. The van der Waals surface area contributed by atoms with Crippen molar-refractivity contribution in [3.63, 3.8) is 0 Å². The van der Waals surface area contributed by atoms with Gasteiger partial charge in [-0.05, 0) is 35.4 Å². The summed E-state index contributed by atoms with van der Waals surface area (Å²) in [7, 11) is 0. The molecule has 0 aliphatic carbocycles. The molecule has 0 aliphatic heterocycles. The molecule has 24 heavy (non-hydrogen) atoms. The van der Waals surface area contributed by atoms with Crippen molar-refractivity contribution in [2.45, 2.75) is 5.75 Å². The molecule has 1 heterocycles. The van der Waals surface area contributed by atoms with E-state index in [2.05, 4.69) is 20.9 Å². The average Bonchev–Trinajstić information content (AvgIpc) is 2.56. The van der Waals surface area contributed by atoms with E-state index in [-0.39, 0.29) is 11.3 Å². The second-order valence-electron chi connectivity index (χ2n) is 5.16. The number of benzene rings is 2. The van der Waals surface area contributed by atoms with Crippen LogP contribution in [0.3, 0.4) is 0 Å². The zero-order valence-electron chi connectivity index (χ0n) is 12.4. The number of nitrogens with zero attached hydrogens (tertiary/aromatic N) is 1. The van der Waals surface area contributed by atoms with Gasteiger partial charge in [0.25, 0.3) is 0 Å². The summed E-state index contributed by atoms with van der Waals surface area (Å²) in [5.74, 6) is -0.894. The number of rotatable bonds is 4. The molecule has 6 heteroatoms. The van der Waals surface area contributed by atoms with E-state index in [1.54, 1.807) is 12.3 Å². The van der Waals surface area contributed by atoms with E-state index in [4.69, 9.17) is 0 Å². The van der Waals surface area contributed by atoms with Crippen molar-refractivity contribution in [3.8, 4) is 22.4 Å². The van der Waals surface area contributed by atoms with Crippen LogP contribution in [0.2, 0.25) is 0 Å². The fourth-order valence-corrected chi connectivity index (χ4v) is 3.35. The summed E-state index contributed by atoms with van der Waals surface area (Å²) in [4.78, 5) is 4.38. The summed E-state index contributed by atoms with van der Waals surface area (Å²) >= 11 is 1.12. The Morgan fingerprint density at radius 3 is 2.62 bits per heavy atom. The van der Waals surface area contributed by atoms with Crippen molar-refractivity contribution in [1.29, 1.82) is 0 Å². The van der Waals surface area contributed by atoms with Crippen molar-refractivity contribution in [2.24, 2.45) is 0 Å². The maximum Gasteiger partial charge on any atom is 0.127 e. The number of aromatic nitrogens is 1. The lowest BCUT2D eigenvalue weighted by Crippen LogP contribution is -1.98. The molecule has 0 spiro atoms. The third-order valence-corrected chi connectivity index (χ3v) is 4.58. The van der Waals surface area contributed by atoms with E-state index in [0.717, 1.165) is 15.6 Å². The maximum atomic E-state index is 14.2. The van der Waals surface area contributed by atoms with Crippen LogP contribution in [0.4, 0.5) is 4.39 Å². The lowest BCUT2D eigenvalue weighted by Gasteiger charge is -2.11. The molecule has 1 atom stereocenters. The van der Waals surface area contributed by atoms with Gasteiger partial charge in [0.05, 0.1) is 5.69 Å². The molecule has 122 valence electrons. The third kappa shape index (κ3) is 3.77. The Balaban J connectivity index is 2.08. The molecule has 3 aromatic rings. The Morgan fingerprint density at radius 1 is 1.08 bits per heavy atom. The third-order valence-electron chi connectivity index (χ3n) is 3.54. The Bertz CT molecular complexity index is 917. The van der Waals surface area contributed by atoms with Crippen LogP contribution in [0.25, 0.3) is 22.4 Å². The SMILES string of the molecule is O=S([O-])Cc1ccc(-c2ncccc2-c2cccc(Br)c2)cc1F.